The second-order valence-electron chi connectivity index (χ2n) is 8.09. The summed E-state index contributed by atoms with van der Waals surface area (Å²) in [5.74, 6) is 2.18. The van der Waals surface area contributed by atoms with E-state index in [4.69, 9.17) is 16.3 Å². The molecule has 32 heavy (non-hydrogen) atoms. The highest BCUT2D eigenvalue weighted by molar-refractivity contribution is 8.00. The minimum Gasteiger partial charge on any atom is -0.496 e. The number of rotatable bonds is 6. The summed E-state index contributed by atoms with van der Waals surface area (Å²) in [6.07, 6.45) is 2.12. The molecule has 3 aromatic rings. The van der Waals surface area contributed by atoms with Crippen molar-refractivity contribution < 1.29 is 9.53 Å². The van der Waals surface area contributed by atoms with Crippen molar-refractivity contribution in [2.45, 2.75) is 37.1 Å². The number of para-hydroxylation sites is 1. The maximum Gasteiger partial charge on any atom is 0.235 e. The summed E-state index contributed by atoms with van der Waals surface area (Å²) < 4.78 is 7.52. The third-order valence-corrected chi connectivity index (χ3v) is 7.07. The zero-order valence-electron chi connectivity index (χ0n) is 18.5. The fourth-order valence-corrected chi connectivity index (χ4v) is 4.94. The molecule has 1 saturated heterocycles. The molecule has 8 heteroatoms. The number of likely N-dealkylation sites (tertiary alicyclic amines) is 1. The maximum absolute atomic E-state index is 13.1. The smallest absolute Gasteiger partial charge is 0.235 e. The molecule has 1 amide bonds. The number of amides is 1. The quantitative estimate of drug-likeness (QED) is 0.455. The average Bonchev–Trinajstić information content (AvgIpc) is 3.22. The summed E-state index contributed by atoms with van der Waals surface area (Å²) in [5.41, 5.74) is 1.70. The van der Waals surface area contributed by atoms with Crippen molar-refractivity contribution in [3.63, 3.8) is 0 Å². The molecule has 0 radical (unpaired) electrons. The molecule has 6 nitrogen and oxygen atoms in total. The van der Waals surface area contributed by atoms with Crippen LogP contribution in [0.3, 0.4) is 0 Å². The van der Waals surface area contributed by atoms with Gasteiger partial charge in [-0.1, -0.05) is 42.4 Å². The summed E-state index contributed by atoms with van der Waals surface area (Å²) in [4.78, 5) is 15.1. The topological polar surface area (TPSA) is 60.3 Å². The SMILES string of the molecule is COc1ccccc1-c1nnc(SC(C)C(=O)N2CCC(C)CC2)n1-c1ccc(Cl)cc1. The molecule has 0 aliphatic carbocycles. The summed E-state index contributed by atoms with van der Waals surface area (Å²) in [5, 5.41) is 9.97. The molecule has 2 heterocycles. The van der Waals surface area contributed by atoms with Gasteiger partial charge in [-0.05, 0) is 62.1 Å². The van der Waals surface area contributed by atoms with Gasteiger partial charge in [0.25, 0.3) is 0 Å². The van der Waals surface area contributed by atoms with Crippen LogP contribution in [0.1, 0.15) is 26.7 Å². The zero-order valence-corrected chi connectivity index (χ0v) is 20.1. The molecular formula is C24H27ClN4O2S. The summed E-state index contributed by atoms with van der Waals surface area (Å²) >= 11 is 7.55. The Hall–Kier alpha value is -2.51. The van der Waals surface area contributed by atoms with Gasteiger partial charge in [0, 0.05) is 23.8 Å². The Bertz CT molecular complexity index is 1080. The van der Waals surface area contributed by atoms with Crippen LogP contribution in [-0.2, 0) is 4.79 Å². The number of halogens is 1. The first-order chi connectivity index (χ1) is 15.5. The van der Waals surface area contributed by atoms with Gasteiger partial charge in [0.2, 0.25) is 5.91 Å². The van der Waals surface area contributed by atoms with Crippen LogP contribution in [0.15, 0.2) is 53.7 Å². The summed E-state index contributed by atoms with van der Waals surface area (Å²) in [6.45, 7) is 5.82. The molecule has 4 rings (SSSR count). The van der Waals surface area contributed by atoms with Crippen molar-refractivity contribution >= 4 is 29.3 Å². The van der Waals surface area contributed by atoms with E-state index in [1.165, 1.54) is 11.8 Å². The van der Waals surface area contributed by atoms with E-state index >= 15 is 0 Å². The van der Waals surface area contributed by atoms with E-state index in [-0.39, 0.29) is 11.2 Å². The summed E-state index contributed by atoms with van der Waals surface area (Å²) in [7, 11) is 1.64. The van der Waals surface area contributed by atoms with Crippen LogP contribution in [0, 0.1) is 5.92 Å². The molecule has 0 saturated carbocycles. The number of hydrogen-bond acceptors (Lipinski definition) is 5. The van der Waals surface area contributed by atoms with Crippen LogP contribution in [0.4, 0.5) is 0 Å². The molecule has 1 aliphatic heterocycles. The van der Waals surface area contributed by atoms with E-state index in [1.54, 1.807) is 7.11 Å². The lowest BCUT2D eigenvalue weighted by atomic mass is 9.99. The molecule has 1 unspecified atom stereocenters. The number of piperidine rings is 1. The highest BCUT2D eigenvalue weighted by Gasteiger charge is 2.28. The van der Waals surface area contributed by atoms with Gasteiger partial charge in [0.1, 0.15) is 5.75 Å². The van der Waals surface area contributed by atoms with Gasteiger partial charge in [-0.2, -0.15) is 0 Å². The van der Waals surface area contributed by atoms with E-state index in [0.29, 0.717) is 27.7 Å². The van der Waals surface area contributed by atoms with Gasteiger partial charge < -0.3 is 9.64 Å². The van der Waals surface area contributed by atoms with Crippen LogP contribution >= 0.6 is 23.4 Å². The lowest BCUT2D eigenvalue weighted by Crippen LogP contribution is -2.41. The highest BCUT2D eigenvalue weighted by Crippen LogP contribution is 2.35. The van der Waals surface area contributed by atoms with Crippen LogP contribution in [0.5, 0.6) is 5.75 Å². The number of hydrogen-bond donors (Lipinski definition) is 0. The van der Waals surface area contributed by atoms with Gasteiger partial charge in [-0.25, -0.2) is 0 Å². The predicted octanol–water partition coefficient (Wildman–Crippen LogP) is 5.34. The third kappa shape index (κ3) is 4.79. The Morgan fingerprint density at radius 2 is 1.81 bits per heavy atom. The lowest BCUT2D eigenvalue weighted by Gasteiger charge is -2.32. The van der Waals surface area contributed by atoms with Crippen LogP contribution in [0.25, 0.3) is 17.1 Å². The number of aromatic nitrogens is 3. The molecular weight excluding hydrogens is 444 g/mol. The van der Waals surface area contributed by atoms with Crippen molar-refractivity contribution in [2.24, 2.45) is 5.92 Å². The first-order valence-electron chi connectivity index (χ1n) is 10.8. The number of carbonyl (C=O) groups excluding carboxylic acids is 1. The molecule has 1 atom stereocenters. The molecule has 1 fully saturated rings. The largest absolute Gasteiger partial charge is 0.496 e. The van der Waals surface area contributed by atoms with Crippen LogP contribution in [-0.4, -0.2) is 51.0 Å². The van der Waals surface area contributed by atoms with Crippen molar-refractivity contribution in [1.82, 2.24) is 19.7 Å². The Balaban J connectivity index is 1.68. The van der Waals surface area contributed by atoms with Gasteiger partial charge >= 0.3 is 0 Å². The average molecular weight is 471 g/mol. The van der Waals surface area contributed by atoms with E-state index in [0.717, 1.165) is 37.2 Å². The minimum atomic E-state index is -0.274. The number of nitrogens with zero attached hydrogens (tertiary/aromatic N) is 4. The van der Waals surface area contributed by atoms with Crippen LogP contribution in [0.2, 0.25) is 5.02 Å². The molecule has 1 aliphatic rings. The summed E-state index contributed by atoms with van der Waals surface area (Å²) in [6, 6.07) is 15.2. The Kier molecular flexibility index (Phi) is 7.06. The van der Waals surface area contributed by atoms with Gasteiger partial charge in [0.15, 0.2) is 11.0 Å². The molecule has 0 N–H and O–H groups in total. The highest BCUT2D eigenvalue weighted by atomic mass is 35.5. The van der Waals surface area contributed by atoms with Gasteiger partial charge in [0.05, 0.1) is 17.9 Å². The van der Waals surface area contributed by atoms with Crippen molar-refractivity contribution in [3.05, 3.63) is 53.6 Å². The molecule has 0 bridgehead atoms. The number of ether oxygens (including phenoxy) is 1. The maximum atomic E-state index is 13.1. The number of methoxy groups -OCH3 is 1. The number of thioether (sulfide) groups is 1. The van der Waals surface area contributed by atoms with Crippen molar-refractivity contribution in [2.75, 3.05) is 20.2 Å². The molecule has 168 valence electrons. The van der Waals surface area contributed by atoms with Crippen molar-refractivity contribution in [3.8, 4) is 22.8 Å². The van der Waals surface area contributed by atoms with Gasteiger partial charge in [-0.15, -0.1) is 10.2 Å². The van der Waals surface area contributed by atoms with Crippen molar-refractivity contribution in [1.29, 1.82) is 0 Å². The standard InChI is InChI=1S/C24H27ClN4O2S/c1-16-12-14-28(15-13-16)23(30)17(2)32-24-27-26-22(20-6-4-5-7-21(20)31-3)29(24)19-10-8-18(25)9-11-19/h4-11,16-17H,12-15H2,1-3H3. The predicted molar refractivity (Wildman–Crippen MR) is 129 cm³/mol. The number of carbonyl (C=O) groups is 1. The molecule has 2 aromatic carbocycles. The number of benzene rings is 2. The monoisotopic (exact) mass is 470 g/mol. The minimum absolute atomic E-state index is 0.145. The Labute approximate surface area is 197 Å². The van der Waals surface area contributed by atoms with E-state index < -0.39 is 0 Å². The van der Waals surface area contributed by atoms with Gasteiger partial charge in [-0.3, -0.25) is 9.36 Å². The zero-order chi connectivity index (χ0) is 22.7. The fourth-order valence-electron chi connectivity index (χ4n) is 3.87. The van der Waals surface area contributed by atoms with Crippen LogP contribution < -0.4 is 4.74 Å². The molecule has 1 aromatic heterocycles. The molecule has 0 spiro atoms. The Morgan fingerprint density at radius 3 is 2.50 bits per heavy atom. The lowest BCUT2D eigenvalue weighted by molar-refractivity contribution is -0.131. The first kappa shape index (κ1) is 22.7. The second-order valence-corrected chi connectivity index (χ2v) is 9.83. The van der Waals surface area contributed by atoms with E-state index in [9.17, 15) is 4.79 Å². The van der Waals surface area contributed by atoms with E-state index in [1.807, 2.05) is 64.9 Å². The van der Waals surface area contributed by atoms with E-state index in [2.05, 4.69) is 17.1 Å². The second kappa shape index (κ2) is 9.96. The first-order valence-corrected chi connectivity index (χ1v) is 12.0. The third-order valence-electron chi connectivity index (χ3n) is 5.79. The normalized spacial score (nSPS) is 15.6. The fraction of sp³-hybridized carbons (Fsp3) is 0.375. The Morgan fingerprint density at radius 1 is 1.12 bits per heavy atom.